The molecule has 0 aliphatic rings. The second kappa shape index (κ2) is 8.74. The maximum Gasteiger partial charge on any atom is 0.250 e. The summed E-state index contributed by atoms with van der Waals surface area (Å²) < 4.78 is 14.2. The molecule has 0 radical (unpaired) electrons. The number of nitrogens with zero attached hydrogens (tertiary/aromatic N) is 3. The minimum atomic E-state index is -0.548. The zero-order valence-corrected chi connectivity index (χ0v) is 17.4. The molecule has 3 N–H and O–H groups in total. The van der Waals surface area contributed by atoms with E-state index < -0.39 is 17.6 Å². The van der Waals surface area contributed by atoms with Gasteiger partial charge in [0.2, 0.25) is 17.8 Å². The number of carbonyl (C=O) groups excluding carboxylic acids is 2. The largest absolute Gasteiger partial charge is 0.366 e. The molecule has 0 saturated carbocycles. The zero-order valence-electron chi connectivity index (χ0n) is 17.4. The van der Waals surface area contributed by atoms with E-state index in [9.17, 15) is 14.0 Å². The lowest BCUT2D eigenvalue weighted by Gasteiger charge is -2.17. The van der Waals surface area contributed by atoms with Crippen molar-refractivity contribution in [2.45, 2.75) is 13.8 Å². The molecule has 31 heavy (non-hydrogen) atoms. The number of rotatable bonds is 6. The van der Waals surface area contributed by atoms with Crippen LogP contribution in [0.3, 0.4) is 0 Å². The van der Waals surface area contributed by atoms with Gasteiger partial charge in [-0.25, -0.2) is 14.4 Å². The molecular weight excluding hydrogens is 397 g/mol. The summed E-state index contributed by atoms with van der Waals surface area (Å²) in [5, 5.41) is 3.03. The summed E-state index contributed by atoms with van der Waals surface area (Å²) in [6.45, 7) is 7.09. The molecule has 0 atom stereocenters. The number of nitrogens with two attached hydrogens (primary N) is 1. The predicted molar refractivity (Wildman–Crippen MR) is 119 cm³/mol. The van der Waals surface area contributed by atoms with Crippen LogP contribution >= 0.6 is 0 Å². The van der Waals surface area contributed by atoms with Crippen LogP contribution in [0, 0.1) is 19.7 Å². The number of hydrogen-bond acceptors (Lipinski definition) is 5. The topological polar surface area (TPSA) is 101 Å². The van der Waals surface area contributed by atoms with Crippen molar-refractivity contribution in [2.75, 3.05) is 17.3 Å². The Bertz CT molecular complexity index is 1190. The summed E-state index contributed by atoms with van der Waals surface area (Å²) >= 11 is 0. The maximum atomic E-state index is 14.2. The van der Waals surface area contributed by atoms with Gasteiger partial charge in [-0.2, -0.15) is 0 Å². The highest BCUT2D eigenvalue weighted by Gasteiger charge is 2.16. The van der Waals surface area contributed by atoms with Gasteiger partial charge in [-0.3, -0.25) is 9.59 Å². The van der Waals surface area contributed by atoms with Gasteiger partial charge in [0.05, 0.1) is 11.4 Å². The first kappa shape index (κ1) is 21.6. The Morgan fingerprint density at radius 3 is 2.65 bits per heavy atom. The van der Waals surface area contributed by atoms with Crippen LogP contribution in [0.1, 0.15) is 21.5 Å². The molecule has 0 aliphatic carbocycles. The van der Waals surface area contributed by atoms with Crippen LogP contribution in [0.15, 0.2) is 55.3 Å². The lowest BCUT2D eigenvalue weighted by Crippen LogP contribution is -2.24. The third kappa shape index (κ3) is 4.42. The fourth-order valence-corrected chi connectivity index (χ4v) is 3.17. The third-order valence-corrected chi connectivity index (χ3v) is 4.89. The first-order chi connectivity index (χ1) is 14.7. The fourth-order valence-electron chi connectivity index (χ4n) is 3.17. The molecular formula is C23H22FN5O2. The average Bonchev–Trinajstić information content (AvgIpc) is 2.75. The van der Waals surface area contributed by atoms with Crippen LogP contribution in [0.4, 0.5) is 21.7 Å². The van der Waals surface area contributed by atoms with E-state index in [0.717, 1.165) is 27.7 Å². The number of hydrogen-bond donors (Lipinski definition) is 2. The van der Waals surface area contributed by atoms with E-state index in [2.05, 4.69) is 21.9 Å². The first-order valence-electron chi connectivity index (χ1n) is 9.43. The normalized spacial score (nSPS) is 10.5. The van der Waals surface area contributed by atoms with Crippen molar-refractivity contribution < 1.29 is 14.0 Å². The lowest BCUT2D eigenvalue weighted by molar-refractivity contribution is -0.113. The molecule has 8 heteroatoms. The van der Waals surface area contributed by atoms with E-state index in [0.29, 0.717) is 16.9 Å². The SMILES string of the molecule is C=CC(=O)N(C)c1cc(Nc2ncc(C)c(-c3cccc(C(N)=O)c3C)n2)ccc1F. The van der Waals surface area contributed by atoms with Crippen molar-refractivity contribution in [3.05, 3.63) is 77.8 Å². The smallest absolute Gasteiger partial charge is 0.250 e. The van der Waals surface area contributed by atoms with E-state index >= 15 is 0 Å². The maximum absolute atomic E-state index is 14.2. The standard InChI is InChI=1S/C23H22FN5O2/c1-5-20(30)29(4)19-11-15(9-10-18(19)24)27-23-26-12-13(2)21(28-23)16-7-6-8-17(14(16)3)22(25)31/h5-12H,1H2,2-4H3,(H2,25,31)(H,26,27,28). The number of nitrogens with one attached hydrogen (secondary N) is 1. The second-order valence-electron chi connectivity index (χ2n) is 6.96. The molecule has 1 aromatic heterocycles. The van der Waals surface area contributed by atoms with Crippen LogP contribution in [0.2, 0.25) is 0 Å². The summed E-state index contributed by atoms with van der Waals surface area (Å²) in [6.07, 6.45) is 2.76. The van der Waals surface area contributed by atoms with Gasteiger partial charge in [0, 0.05) is 30.1 Å². The minimum Gasteiger partial charge on any atom is -0.366 e. The summed E-state index contributed by atoms with van der Waals surface area (Å²) in [7, 11) is 1.46. The Hall–Kier alpha value is -4.07. The van der Waals surface area contributed by atoms with Crippen molar-refractivity contribution in [2.24, 2.45) is 5.73 Å². The molecule has 0 unspecified atom stereocenters. The number of aryl methyl sites for hydroxylation is 1. The molecule has 158 valence electrons. The Morgan fingerprint density at radius 2 is 1.97 bits per heavy atom. The van der Waals surface area contributed by atoms with E-state index in [1.54, 1.807) is 18.3 Å². The number of amides is 2. The Balaban J connectivity index is 1.99. The Morgan fingerprint density at radius 1 is 1.23 bits per heavy atom. The van der Waals surface area contributed by atoms with Gasteiger partial charge in [0.25, 0.3) is 0 Å². The first-order valence-corrected chi connectivity index (χ1v) is 9.43. The number of carbonyl (C=O) groups is 2. The highest BCUT2D eigenvalue weighted by Crippen LogP contribution is 2.29. The van der Waals surface area contributed by atoms with Crippen LogP contribution < -0.4 is 16.0 Å². The number of benzene rings is 2. The Kier molecular flexibility index (Phi) is 6.10. The van der Waals surface area contributed by atoms with Crippen molar-refractivity contribution in [3.63, 3.8) is 0 Å². The number of anilines is 3. The molecule has 3 rings (SSSR count). The van der Waals surface area contributed by atoms with Crippen molar-refractivity contribution in [1.82, 2.24) is 9.97 Å². The van der Waals surface area contributed by atoms with Crippen molar-refractivity contribution >= 4 is 29.1 Å². The number of aromatic nitrogens is 2. The van der Waals surface area contributed by atoms with Gasteiger partial charge < -0.3 is 16.0 Å². The summed E-state index contributed by atoms with van der Waals surface area (Å²) in [6, 6.07) is 9.52. The van der Waals surface area contributed by atoms with Crippen molar-refractivity contribution in [1.29, 1.82) is 0 Å². The fraction of sp³-hybridized carbons (Fsp3) is 0.130. The van der Waals surface area contributed by atoms with Crippen LogP contribution in [0.25, 0.3) is 11.3 Å². The summed E-state index contributed by atoms with van der Waals surface area (Å²) in [5.41, 5.74) is 9.40. The third-order valence-electron chi connectivity index (χ3n) is 4.89. The van der Waals surface area contributed by atoms with Gasteiger partial charge in [0.15, 0.2) is 0 Å². The van der Waals surface area contributed by atoms with Gasteiger partial charge in [-0.05, 0) is 55.3 Å². The predicted octanol–water partition coefficient (Wildman–Crippen LogP) is 3.89. The van der Waals surface area contributed by atoms with Crippen molar-refractivity contribution in [3.8, 4) is 11.3 Å². The van der Waals surface area contributed by atoms with Gasteiger partial charge >= 0.3 is 0 Å². The highest BCUT2D eigenvalue weighted by molar-refractivity contribution is 6.01. The molecule has 2 aromatic carbocycles. The molecule has 0 spiro atoms. The molecule has 0 bridgehead atoms. The van der Waals surface area contributed by atoms with Gasteiger partial charge in [-0.15, -0.1) is 0 Å². The van der Waals surface area contributed by atoms with Crippen LogP contribution in [-0.2, 0) is 4.79 Å². The zero-order chi connectivity index (χ0) is 22.7. The second-order valence-corrected chi connectivity index (χ2v) is 6.96. The molecule has 1 heterocycles. The van der Waals surface area contributed by atoms with Crippen LogP contribution in [-0.4, -0.2) is 28.8 Å². The van der Waals surface area contributed by atoms with Crippen LogP contribution in [0.5, 0.6) is 0 Å². The number of likely N-dealkylation sites (N-methyl/N-ethyl adjacent to an activating group) is 1. The molecule has 3 aromatic rings. The molecule has 0 fully saturated rings. The average molecular weight is 419 g/mol. The number of halogens is 1. The quantitative estimate of drug-likeness (QED) is 0.590. The van der Waals surface area contributed by atoms with E-state index in [1.807, 2.05) is 19.9 Å². The lowest BCUT2D eigenvalue weighted by atomic mass is 9.97. The minimum absolute atomic E-state index is 0.0900. The molecule has 0 saturated heterocycles. The highest BCUT2D eigenvalue weighted by atomic mass is 19.1. The molecule has 0 aliphatic heterocycles. The molecule has 7 nitrogen and oxygen atoms in total. The number of primary amides is 1. The summed E-state index contributed by atoms with van der Waals surface area (Å²) in [5.74, 6) is -1.22. The van der Waals surface area contributed by atoms with Gasteiger partial charge in [0.1, 0.15) is 5.82 Å². The van der Waals surface area contributed by atoms with E-state index in [4.69, 9.17) is 5.73 Å². The van der Waals surface area contributed by atoms with E-state index in [-0.39, 0.29) is 11.6 Å². The molecule has 2 amide bonds. The Labute approximate surface area is 179 Å². The van der Waals surface area contributed by atoms with E-state index in [1.165, 1.54) is 25.2 Å². The van der Waals surface area contributed by atoms with Gasteiger partial charge in [-0.1, -0.05) is 18.7 Å². The monoisotopic (exact) mass is 419 g/mol. The summed E-state index contributed by atoms with van der Waals surface area (Å²) in [4.78, 5) is 33.6.